The predicted molar refractivity (Wildman–Crippen MR) is 75.0 cm³/mol. The van der Waals surface area contributed by atoms with Crippen LogP contribution in [0.1, 0.15) is 31.4 Å². The number of nitrogens with zero attached hydrogens (tertiary/aromatic N) is 2. The highest BCUT2D eigenvalue weighted by molar-refractivity contribution is 8.00. The third-order valence-corrected chi connectivity index (χ3v) is 4.11. The number of carbonyl (C=O) groups is 1. The van der Waals surface area contributed by atoms with Crippen molar-refractivity contribution in [1.29, 1.82) is 5.26 Å². The Labute approximate surface area is 117 Å². The Morgan fingerprint density at radius 3 is 3.05 bits per heavy atom. The van der Waals surface area contributed by atoms with Crippen LogP contribution >= 0.6 is 11.8 Å². The molecule has 5 heteroatoms. The van der Waals surface area contributed by atoms with Gasteiger partial charge in [-0.25, -0.2) is 0 Å². The van der Waals surface area contributed by atoms with Crippen molar-refractivity contribution in [3.8, 4) is 6.07 Å². The van der Waals surface area contributed by atoms with E-state index < -0.39 is 6.10 Å². The predicted octanol–water partition coefficient (Wildman–Crippen LogP) is 2.48. The fourth-order valence-corrected chi connectivity index (χ4v) is 3.02. The second-order valence-electron chi connectivity index (χ2n) is 4.50. The normalized spacial score (nSPS) is 15.8. The zero-order valence-electron chi connectivity index (χ0n) is 10.8. The molecular formula is C14H16N2O2S. The molecule has 0 spiro atoms. The van der Waals surface area contributed by atoms with Gasteiger partial charge in [0.15, 0.2) is 0 Å². The topological polar surface area (TPSA) is 64.3 Å². The Balaban J connectivity index is 2.24. The fraction of sp³-hybridized carbons (Fsp3) is 0.429. The van der Waals surface area contributed by atoms with Gasteiger partial charge in [-0.2, -0.15) is 5.26 Å². The maximum Gasteiger partial charge on any atom is 0.237 e. The molecule has 0 radical (unpaired) electrons. The molecule has 1 amide bonds. The molecule has 4 nitrogen and oxygen atoms in total. The Morgan fingerprint density at radius 1 is 1.58 bits per heavy atom. The molecule has 1 aromatic carbocycles. The quantitative estimate of drug-likeness (QED) is 0.858. The number of thioether (sulfide) groups is 1. The number of aliphatic hydroxyl groups is 1. The number of rotatable bonds is 4. The number of fused-ring (bicyclic) bond motifs is 1. The average Bonchev–Trinajstić information content (AvgIpc) is 2.40. The van der Waals surface area contributed by atoms with Crippen molar-refractivity contribution in [1.82, 2.24) is 0 Å². The Kier molecular flexibility index (Phi) is 4.46. The van der Waals surface area contributed by atoms with Crippen LogP contribution in [-0.2, 0) is 4.79 Å². The average molecular weight is 276 g/mol. The van der Waals surface area contributed by atoms with Gasteiger partial charge >= 0.3 is 0 Å². The number of hydrogen-bond acceptors (Lipinski definition) is 4. The number of anilines is 1. The summed E-state index contributed by atoms with van der Waals surface area (Å²) in [6.07, 6.45) is 0.637. The monoisotopic (exact) mass is 276 g/mol. The van der Waals surface area contributed by atoms with Crippen molar-refractivity contribution < 1.29 is 9.90 Å². The minimum absolute atomic E-state index is 0.0836. The van der Waals surface area contributed by atoms with Crippen LogP contribution < -0.4 is 4.90 Å². The van der Waals surface area contributed by atoms with Crippen LogP contribution in [0.2, 0.25) is 0 Å². The van der Waals surface area contributed by atoms with E-state index in [0.717, 1.165) is 16.1 Å². The number of hydrogen-bond donors (Lipinski definition) is 1. The maximum atomic E-state index is 11.9. The van der Waals surface area contributed by atoms with E-state index in [1.165, 1.54) is 11.8 Å². The first-order valence-electron chi connectivity index (χ1n) is 6.25. The Bertz CT molecular complexity index is 523. The van der Waals surface area contributed by atoms with E-state index in [1.54, 1.807) is 11.8 Å². The SMILES string of the molecule is CC(O)c1ccc2c(c1)SCC(=O)N2CCCC#N. The van der Waals surface area contributed by atoms with Crippen molar-refractivity contribution in [2.45, 2.75) is 30.8 Å². The van der Waals surface area contributed by atoms with E-state index in [4.69, 9.17) is 5.26 Å². The summed E-state index contributed by atoms with van der Waals surface area (Å²) in [5.41, 5.74) is 1.75. The molecule has 0 aromatic heterocycles. The summed E-state index contributed by atoms with van der Waals surface area (Å²) >= 11 is 1.50. The highest BCUT2D eigenvalue weighted by Gasteiger charge is 2.24. The summed E-state index contributed by atoms with van der Waals surface area (Å²) in [4.78, 5) is 14.7. The van der Waals surface area contributed by atoms with Gasteiger partial charge in [-0.3, -0.25) is 4.79 Å². The molecule has 1 aliphatic heterocycles. The van der Waals surface area contributed by atoms with E-state index in [0.29, 0.717) is 25.1 Å². The second kappa shape index (κ2) is 6.09. The lowest BCUT2D eigenvalue weighted by Gasteiger charge is -2.29. The lowest BCUT2D eigenvalue weighted by atomic mass is 10.1. The Hall–Kier alpha value is -1.51. The third kappa shape index (κ3) is 3.09. The van der Waals surface area contributed by atoms with Gasteiger partial charge in [0.1, 0.15) is 0 Å². The first kappa shape index (κ1) is 13.9. The van der Waals surface area contributed by atoms with Gasteiger partial charge in [0.2, 0.25) is 5.91 Å². The highest BCUT2D eigenvalue weighted by atomic mass is 32.2. The maximum absolute atomic E-state index is 11.9. The molecule has 0 saturated heterocycles. The number of nitriles is 1. The molecule has 100 valence electrons. The smallest absolute Gasteiger partial charge is 0.237 e. The van der Waals surface area contributed by atoms with Crippen LogP contribution in [0.25, 0.3) is 0 Å². The summed E-state index contributed by atoms with van der Waals surface area (Å²) in [5, 5.41) is 18.2. The minimum Gasteiger partial charge on any atom is -0.389 e. The number of amides is 1. The van der Waals surface area contributed by atoms with E-state index in [1.807, 2.05) is 18.2 Å². The number of unbranched alkanes of at least 4 members (excludes halogenated alkanes) is 1. The number of benzene rings is 1. The van der Waals surface area contributed by atoms with E-state index in [2.05, 4.69) is 6.07 Å². The molecule has 1 N–H and O–H groups in total. The molecule has 1 unspecified atom stereocenters. The first-order valence-corrected chi connectivity index (χ1v) is 7.24. The molecule has 1 atom stereocenters. The second-order valence-corrected chi connectivity index (χ2v) is 5.52. The molecular weight excluding hydrogens is 260 g/mol. The van der Waals surface area contributed by atoms with E-state index >= 15 is 0 Å². The molecule has 1 heterocycles. The van der Waals surface area contributed by atoms with Crippen molar-refractivity contribution in [2.75, 3.05) is 17.2 Å². The van der Waals surface area contributed by atoms with Gasteiger partial charge in [0.25, 0.3) is 0 Å². The van der Waals surface area contributed by atoms with E-state index in [-0.39, 0.29) is 5.91 Å². The summed E-state index contributed by atoms with van der Waals surface area (Å²) in [5.74, 6) is 0.503. The van der Waals surface area contributed by atoms with Crippen LogP contribution in [-0.4, -0.2) is 23.3 Å². The van der Waals surface area contributed by atoms with Crippen LogP contribution in [0.5, 0.6) is 0 Å². The lowest BCUT2D eigenvalue weighted by molar-refractivity contribution is -0.116. The van der Waals surface area contributed by atoms with Gasteiger partial charge in [-0.05, 0) is 31.0 Å². The van der Waals surface area contributed by atoms with Crippen molar-refractivity contribution in [3.05, 3.63) is 23.8 Å². The lowest BCUT2D eigenvalue weighted by Crippen LogP contribution is -2.36. The van der Waals surface area contributed by atoms with Crippen LogP contribution in [0.3, 0.4) is 0 Å². The zero-order chi connectivity index (χ0) is 13.8. The summed E-state index contributed by atoms with van der Waals surface area (Å²) < 4.78 is 0. The fourth-order valence-electron chi connectivity index (χ4n) is 2.04. The first-order chi connectivity index (χ1) is 9.13. The van der Waals surface area contributed by atoms with Crippen LogP contribution in [0, 0.1) is 11.3 Å². The van der Waals surface area contributed by atoms with Crippen LogP contribution in [0.15, 0.2) is 23.1 Å². The minimum atomic E-state index is -0.504. The number of aliphatic hydroxyl groups excluding tert-OH is 1. The summed E-state index contributed by atoms with van der Waals surface area (Å²) in [6.45, 7) is 2.30. The van der Waals surface area contributed by atoms with Gasteiger partial charge in [-0.15, -0.1) is 11.8 Å². The van der Waals surface area contributed by atoms with E-state index in [9.17, 15) is 9.90 Å². The zero-order valence-corrected chi connectivity index (χ0v) is 11.6. The molecule has 1 aliphatic rings. The molecule has 2 rings (SSSR count). The van der Waals surface area contributed by atoms with Gasteiger partial charge < -0.3 is 10.0 Å². The molecule has 0 fully saturated rings. The molecule has 0 aliphatic carbocycles. The van der Waals surface area contributed by atoms with Gasteiger partial charge in [-0.1, -0.05) is 6.07 Å². The summed E-state index contributed by atoms with van der Waals surface area (Å²) in [7, 11) is 0. The van der Waals surface area contributed by atoms with Crippen molar-refractivity contribution in [2.24, 2.45) is 0 Å². The molecule has 0 bridgehead atoms. The largest absolute Gasteiger partial charge is 0.389 e. The Morgan fingerprint density at radius 2 is 2.37 bits per heavy atom. The van der Waals surface area contributed by atoms with Crippen molar-refractivity contribution in [3.63, 3.8) is 0 Å². The molecule has 1 aromatic rings. The van der Waals surface area contributed by atoms with Gasteiger partial charge in [0, 0.05) is 17.9 Å². The van der Waals surface area contributed by atoms with Crippen molar-refractivity contribution >= 4 is 23.4 Å². The molecule has 0 saturated carbocycles. The highest BCUT2D eigenvalue weighted by Crippen LogP contribution is 2.37. The van der Waals surface area contributed by atoms with Gasteiger partial charge in [0.05, 0.1) is 23.6 Å². The molecule has 19 heavy (non-hydrogen) atoms. The third-order valence-electron chi connectivity index (χ3n) is 3.08. The number of carbonyl (C=O) groups excluding carboxylic acids is 1. The summed E-state index contributed by atoms with van der Waals surface area (Å²) in [6, 6.07) is 7.76. The van der Waals surface area contributed by atoms with Crippen LogP contribution in [0.4, 0.5) is 5.69 Å². The standard InChI is InChI=1S/C14H16N2O2S/c1-10(17)11-4-5-12-13(8-11)19-9-14(18)16(12)7-3-2-6-15/h4-5,8,10,17H,2-3,7,9H2,1H3.